The number of amides is 1. The third-order valence-corrected chi connectivity index (χ3v) is 6.48. The lowest BCUT2D eigenvalue weighted by atomic mass is 9.95. The summed E-state index contributed by atoms with van der Waals surface area (Å²) in [5.41, 5.74) is 2.62. The molecule has 1 fully saturated rings. The first-order valence-electron chi connectivity index (χ1n) is 10.4. The average molecular weight is 418 g/mol. The minimum atomic E-state index is 0.0543. The van der Waals surface area contributed by atoms with Crippen LogP contribution in [0, 0.1) is 0 Å². The second-order valence-electron chi connectivity index (χ2n) is 7.65. The van der Waals surface area contributed by atoms with E-state index in [0.29, 0.717) is 17.0 Å². The van der Waals surface area contributed by atoms with Crippen molar-refractivity contribution >= 4 is 34.2 Å². The number of benzene rings is 2. The highest BCUT2D eigenvalue weighted by atomic mass is 32.2. The van der Waals surface area contributed by atoms with Crippen LogP contribution in [-0.4, -0.2) is 37.3 Å². The number of para-hydroxylation sites is 1. The van der Waals surface area contributed by atoms with Crippen LogP contribution < -0.4 is 5.32 Å². The van der Waals surface area contributed by atoms with Gasteiger partial charge in [-0.2, -0.15) is 0 Å². The van der Waals surface area contributed by atoms with E-state index in [1.54, 1.807) is 0 Å². The van der Waals surface area contributed by atoms with E-state index in [1.807, 2.05) is 59.0 Å². The average Bonchev–Trinajstić information content (AvgIpc) is 3.23. The molecular weight excluding hydrogens is 394 g/mol. The Morgan fingerprint density at radius 2 is 1.77 bits per heavy atom. The van der Waals surface area contributed by atoms with E-state index in [0.717, 1.165) is 40.8 Å². The fraction of sp³-hybridized carbons (Fsp3) is 0.304. The number of thioether (sulfide) groups is 1. The van der Waals surface area contributed by atoms with Crippen LogP contribution in [0.15, 0.2) is 59.8 Å². The van der Waals surface area contributed by atoms with Crippen molar-refractivity contribution in [2.75, 3.05) is 5.75 Å². The van der Waals surface area contributed by atoms with Crippen LogP contribution in [0.1, 0.15) is 32.1 Å². The van der Waals surface area contributed by atoms with Crippen LogP contribution in [0.4, 0.5) is 0 Å². The first kappa shape index (κ1) is 19.1. The zero-order valence-electron chi connectivity index (χ0n) is 16.6. The van der Waals surface area contributed by atoms with E-state index in [9.17, 15) is 4.79 Å². The van der Waals surface area contributed by atoms with Gasteiger partial charge in [0.15, 0.2) is 10.8 Å². The van der Waals surface area contributed by atoms with E-state index >= 15 is 0 Å². The van der Waals surface area contributed by atoms with Gasteiger partial charge >= 0.3 is 0 Å². The molecule has 2 aromatic carbocycles. The Kier molecular flexibility index (Phi) is 5.36. The van der Waals surface area contributed by atoms with Gasteiger partial charge in [-0.25, -0.2) is 4.98 Å². The van der Waals surface area contributed by atoms with Crippen molar-refractivity contribution < 1.29 is 4.79 Å². The number of rotatable bonds is 5. The number of fused-ring (bicyclic) bond motifs is 3. The van der Waals surface area contributed by atoms with Crippen molar-refractivity contribution in [2.24, 2.45) is 0 Å². The second-order valence-corrected chi connectivity index (χ2v) is 8.59. The second kappa shape index (κ2) is 8.44. The molecule has 4 aromatic rings. The molecule has 1 saturated carbocycles. The number of aromatic nitrogens is 4. The standard InChI is InChI=1S/C23H23N5OS/c29-20(24-17-11-5-2-6-12-17)15-30-23-27-26-22-18-13-7-8-14-19(18)25-21(28(22)23)16-9-3-1-4-10-16/h1,3-4,7-10,13-14,17H,2,5-6,11-12,15H2,(H,24,29). The number of carbonyl (C=O) groups is 1. The minimum Gasteiger partial charge on any atom is -0.353 e. The van der Waals surface area contributed by atoms with Gasteiger partial charge in [-0.05, 0) is 25.0 Å². The van der Waals surface area contributed by atoms with Crippen molar-refractivity contribution in [1.82, 2.24) is 24.9 Å². The predicted molar refractivity (Wildman–Crippen MR) is 119 cm³/mol. The van der Waals surface area contributed by atoms with Crippen LogP contribution in [0.3, 0.4) is 0 Å². The summed E-state index contributed by atoms with van der Waals surface area (Å²) in [7, 11) is 0. The molecule has 152 valence electrons. The van der Waals surface area contributed by atoms with Gasteiger partial charge in [-0.15, -0.1) is 10.2 Å². The van der Waals surface area contributed by atoms with Gasteiger partial charge in [0, 0.05) is 17.0 Å². The summed E-state index contributed by atoms with van der Waals surface area (Å²) in [5.74, 6) is 1.15. The quantitative estimate of drug-likeness (QED) is 0.485. The Morgan fingerprint density at radius 3 is 2.60 bits per heavy atom. The molecule has 1 aliphatic rings. The summed E-state index contributed by atoms with van der Waals surface area (Å²) in [6.07, 6.45) is 5.84. The van der Waals surface area contributed by atoms with Crippen LogP contribution in [0.2, 0.25) is 0 Å². The van der Waals surface area contributed by atoms with Crippen molar-refractivity contribution in [1.29, 1.82) is 0 Å². The molecule has 2 heterocycles. The zero-order valence-corrected chi connectivity index (χ0v) is 17.4. The molecule has 0 spiro atoms. The van der Waals surface area contributed by atoms with Crippen molar-refractivity contribution in [2.45, 2.75) is 43.3 Å². The number of hydrogen-bond donors (Lipinski definition) is 1. The van der Waals surface area contributed by atoms with Gasteiger partial charge in [0.1, 0.15) is 5.82 Å². The third kappa shape index (κ3) is 3.77. The predicted octanol–water partition coefficient (Wildman–Crippen LogP) is 4.49. The lowest BCUT2D eigenvalue weighted by molar-refractivity contribution is -0.119. The largest absolute Gasteiger partial charge is 0.353 e. The van der Waals surface area contributed by atoms with Gasteiger partial charge in [-0.3, -0.25) is 9.20 Å². The van der Waals surface area contributed by atoms with Crippen molar-refractivity contribution in [3.63, 3.8) is 0 Å². The maximum Gasteiger partial charge on any atom is 0.230 e. The van der Waals surface area contributed by atoms with Crippen LogP contribution in [0.5, 0.6) is 0 Å². The highest BCUT2D eigenvalue weighted by Gasteiger charge is 2.19. The normalized spacial score (nSPS) is 14.9. The summed E-state index contributed by atoms with van der Waals surface area (Å²) < 4.78 is 1.97. The Morgan fingerprint density at radius 1 is 1.00 bits per heavy atom. The molecule has 1 aliphatic carbocycles. The molecule has 7 heteroatoms. The molecule has 0 atom stereocenters. The molecular formula is C23H23N5OS. The molecule has 0 radical (unpaired) electrons. The van der Waals surface area contributed by atoms with Crippen molar-refractivity contribution in [3.8, 4) is 11.4 Å². The lowest BCUT2D eigenvalue weighted by Gasteiger charge is -2.22. The molecule has 1 N–H and O–H groups in total. The number of nitrogens with zero attached hydrogens (tertiary/aromatic N) is 4. The monoisotopic (exact) mass is 417 g/mol. The number of carbonyl (C=O) groups excluding carboxylic acids is 1. The molecule has 5 rings (SSSR count). The van der Waals surface area contributed by atoms with E-state index in [4.69, 9.17) is 4.98 Å². The SMILES string of the molecule is O=C(CSc1nnc2c3ccccc3nc(-c3ccccc3)n12)NC1CCCCC1. The molecule has 6 nitrogen and oxygen atoms in total. The van der Waals surface area contributed by atoms with Gasteiger partial charge in [0.05, 0.1) is 11.3 Å². The summed E-state index contributed by atoms with van der Waals surface area (Å²) in [5, 5.41) is 13.7. The van der Waals surface area contributed by atoms with Gasteiger partial charge in [-0.1, -0.05) is 73.5 Å². The summed E-state index contributed by atoms with van der Waals surface area (Å²) in [6.45, 7) is 0. The zero-order chi connectivity index (χ0) is 20.3. The minimum absolute atomic E-state index is 0.0543. The topological polar surface area (TPSA) is 72.2 Å². The van der Waals surface area contributed by atoms with Crippen LogP contribution >= 0.6 is 11.8 Å². The Bertz CT molecular complexity index is 1180. The Hall–Kier alpha value is -2.93. The molecule has 2 aromatic heterocycles. The van der Waals surface area contributed by atoms with E-state index in [-0.39, 0.29) is 5.91 Å². The smallest absolute Gasteiger partial charge is 0.230 e. The van der Waals surface area contributed by atoms with E-state index < -0.39 is 0 Å². The van der Waals surface area contributed by atoms with Gasteiger partial charge in [0.25, 0.3) is 0 Å². The summed E-state index contributed by atoms with van der Waals surface area (Å²) in [6, 6.07) is 18.3. The summed E-state index contributed by atoms with van der Waals surface area (Å²) >= 11 is 1.41. The first-order chi connectivity index (χ1) is 14.8. The molecule has 0 bridgehead atoms. The first-order valence-corrected chi connectivity index (χ1v) is 11.4. The summed E-state index contributed by atoms with van der Waals surface area (Å²) in [4.78, 5) is 17.4. The van der Waals surface area contributed by atoms with E-state index in [1.165, 1.54) is 31.0 Å². The molecule has 0 unspecified atom stereocenters. The molecule has 30 heavy (non-hydrogen) atoms. The third-order valence-electron chi connectivity index (χ3n) is 5.55. The Labute approximate surface area is 179 Å². The van der Waals surface area contributed by atoms with E-state index in [2.05, 4.69) is 15.5 Å². The maximum atomic E-state index is 12.5. The number of nitrogens with one attached hydrogen (secondary N) is 1. The number of hydrogen-bond acceptors (Lipinski definition) is 5. The molecule has 0 aliphatic heterocycles. The maximum absolute atomic E-state index is 12.5. The molecule has 1 amide bonds. The van der Waals surface area contributed by atoms with Crippen LogP contribution in [0.25, 0.3) is 27.9 Å². The van der Waals surface area contributed by atoms with Crippen LogP contribution in [-0.2, 0) is 4.79 Å². The fourth-order valence-electron chi connectivity index (χ4n) is 4.08. The lowest BCUT2D eigenvalue weighted by Crippen LogP contribution is -2.37. The van der Waals surface area contributed by atoms with Gasteiger partial charge < -0.3 is 5.32 Å². The highest BCUT2D eigenvalue weighted by molar-refractivity contribution is 7.99. The highest BCUT2D eigenvalue weighted by Crippen LogP contribution is 2.29. The fourth-order valence-corrected chi connectivity index (χ4v) is 4.82. The van der Waals surface area contributed by atoms with Crippen molar-refractivity contribution in [3.05, 3.63) is 54.6 Å². The van der Waals surface area contributed by atoms with Gasteiger partial charge in [0.2, 0.25) is 5.91 Å². The Balaban J connectivity index is 1.48. The molecule has 0 saturated heterocycles.